The van der Waals surface area contributed by atoms with E-state index in [1.54, 1.807) is 19.2 Å². The largest absolute Gasteiger partial charge is 0.493 e. The molecule has 2 aromatic rings. The van der Waals surface area contributed by atoms with E-state index in [9.17, 15) is 10.1 Å². The lowest BCUT2D eigenvalue weighted by molar-refractivity contribution is -0.118. The van der Waals surface area contributed by atoms with Gasteiger partial charge in [0.05, 0.1) is 12.7 Å². The molecule has 0 saturated carbocycles. The fourth-order valence-corrected chi connectivity index (χ4v) is 4.07. The van der Waals surface area contributed by atoms with Crippen LogP contribution in [0.2, 0.25) is 0 Å². The summed E-state index contributed by atoms with van der Waals surface area (Å²) in [5.74, 6) is 0.812. The van der Waals surface area contributed by atoms with Crippen molar-refractivity contribution in [3.63, 3.8) is 0 Å². The summed E-state index contributed by atoms with van der Waals surface area (Å²) in [6.07, 6.45) is 4.15. The number of nitrogens with zero attached hydrogens (tertiary/aromatic N) is 1. The van der Waals surface area contributed by atoms with Crippen LogP contribution in [0.15, 0.2) is 24.3 Å². The Morgan fingerprint density at radius 1 is 1.29 bits per heavy atom. The summed E-state index contributed by atoms with van der Waals surface area (Å²) < 4.78 is 10.7. The van der Waals surface area contributed by atoms with E-state index in [0.717, 1.165) is 31.2 Å². The van der Waals surface area contributed by atoms with Crippen molar-refractivity contribution in [1.82, 2.24) is 0 Å². The highest BCUT2D eigenvalue weighted by Gasteiger charge is 2.21. The number of aryl methyl sites for hydroxylation is 1. The molecular weight excluding hydrogens is 324 g/mol. The molecule has 1 aromatic heterocycles. The van der Waals surface area contributed by atoms with E-state index in [4.69, 9.17) is 9.47 Å². The van der Waals surface area contributed by atoms with E-state index >= 15 is 0 Å². The highest BCUT2D eigenvalue weighted by molar-refractivity contribution is 7.16. The number of fused-ring (bicyclic) bond motifs is 1. The van der Waals surface area contributed by atoms with Crippen LogP contribution in [-0.2, 0) is 17.6 Å². The smallest absolute Gasteiger partial charge is 0.262 e. The molecule has 0 unspecified atom stereocenters. The minimum Gasteiger partial charge on any atom is -0.493 e. The van der Waals surface area contributed by atoms with Crippen molar-refractivity contribution < 1.29 is 14.3 Å². The molecule has 1 N–H and O–H groups in total. The minimum absolute atomic E-state index is 0.131. The normalized spacial score (nSPS) is 12.8. The van der Waals surface area contributed by atoms with Crippen LogP contribution in [0.25, 0.3) is 0 Å². The first-order chi connectivity index (χ1) is 11.7. The van der Waals surface area contributed by atoms with Gasteiger partial charge in [0.25, 0.3) is 5.91 Å². The second-order valence-corrected chi connectivity index (χ2v) is 6.62. The Labute approximate surface area is 144 Å². The molecule has 1 heterocycles. The van der Waals surface area contributed by atoms with Gasteiger partial charge < -0.3 is 14.8 Å². The Balaban J connectivity index is 1.67. The molecule has 0 fully saturated rings. The van der Waals surface area contributed by atoms with Crippen molar-refractivity contribution in [2.45, 2.75) is 25.7 Å². The number of rotatable bonds is 5. The average Bonchev–Trinajstić information content (AvgIpc) is 2.97. The molecule has 1 aliphatic carbocycles. The van der Waals surface area contributed by atoms with Crippen LogP contribution in [0.5, 0.6) is 11.5 Å². The van der Waals surface area contributed by atoms with Gasteiger partial charge in [0.15, 0.2) is 18.1 Å². The number of benzene rings is 1. The molecule has 3 rings (SSSR count). The quantitative estimate of drug-likeness (QED) is 0.902. The molecule has 0 aliphatic heterocycles. The average molecular weight is 342 g/mol. The van der Waals surface area contributed by atoms with E-state index in [1.165, 1.54) is 16.2 Å². The van der Waals surface area contributed by atoms with E-state index in [1.807, 2.05) is 12.1 Å². The first-order valence-electron chi connectivity index (χ1n) is 7.83. The summed E-state index contributed by atoms with van der Waals surface area (Å²) in [5.41, 5.74) is 1.72. The monoisotopic (exact) mass is 342 g/mol. The summed E-state index contributed by atoms with van der Waals surface area (Å²) in [6, 6.07) is 9.41. The molecule has 0 bridgehead atoms. The Morgan fingerprint density at radius 3 is 2.79 bits per heavy atom. The zero-order valence-corrected chi connectivity index (χ0v) is 14.2. The molecule has 6 heteroatoms. The fraction of sp³-hybridized carbons (Fsp3) is 0.333. The number of anilines is 1. The van der Waals surface area contributed by atoms with Gasteiger partial charge in [0.2, 0.25) is 0 Å². The number of carbonyl (C=O) groups excluding carboxylic acids is 1. The van der Waals surface area contributed by atoms with E-state index in [-0.39, 0.29) is 12.5 Å². The predicted octanol–water partition coefficient (Wildman–Crippen LogP) is 3.52. The van der Waals surface area contributed by atoms with Crippen molar-refractivity contribution in [2.75, 3.05) is 19.0 Å². The molecule has 0 saturated heterocycles. The molecule has 1 amide bonds. The second kappa shape index (κ2) is 7.37. The van der Waals surface area contributed by atoms with Crippen LogP contribution < -0.4 is 14.8 Å². The number of para-hydroxylation sites is 2. The molecule has 1 aromatic carbocycles. The number of ether oxygens (including phenoxy) is 2. The second-order valence-electron chi connectivity index (χ2n) is 5.51. The molecule has 124 valence electrons. The maximum Gasteiger partial charge on any atom is 0.262 e. The van der Waals surface area contributed by atoms with E-state index in [0.29, 0.717) is 22.1 Å². The van der Waals surface area contributed by atoms with Gasteiger partial charge in [-0.1, -0.05) is 12.1 Å². The molecule has 0 atom stereocenters. The van der Waals surface area contributed by atoms with Crippen LogP contribution in [0.4, 0.5) is 5.00 Å². The number of methoxy groups -OCH3 is 1. The number of hydrogen-bond donors (Lipinski definition) is 1. The molecular formula is C18H18N2O3S. The van der Waals surface area contributed by atoms with Crippen molar-refractivity contribution in [3.05, 3.63) is 40.3 Å². The van der Waals surface area contributed by atoms with Gasteiger partial charge >= 0.3 is 0 Å². The van der Waals surface area contributed by atoms with Crippen LogP contribution in [0.1, 0.15) is 28.8 Å². The first-order valence-corrected chi connectivity index (χ1v) is 8.65. The zero-order valence-electron chi connectivity index (χ0n) is 13.4. The Morgan fingerprint density at radius 2 is 2.04 bits per heavy atom. The van der Waals surface area contributed by atoms with E-state index < -0.39 is 0 Å². The Hall–Kier alpha value is -2.52. The predicted molar refractivity (Wildman–Crippen MR) is 92.8 cm³/mol. The SMILES string of the molecule is COc1ccccc1OCC(=O)Nc1sc2c(c1C#N)CCCC2. The molecule has 0 spiro atoms. The molecule has 24 heavy (non-hydrogen) atoms. The van der Waals surface area contributed by atoms with Gasteiger partial charge in [-0.25, -0.2) is 0 Å². The van der Waals surface area contributed by atoms with Crippen LogP contribution in [0.3, 0.4) is 0 Å². The van der Waals surface area contributed by atoms with Crippen LogP contribution in [-0.4, -0.2) is 19.6 Å². The molecule has 5 nitrogen and oxygen atoms in total. The standard InChI is InChI=1S/C18H18N2O3S/c1-22-14-7-3-4-8-15(14)23-11-17(21)20-18-13(10-19)12-6-2-5-9-16(12)24-18/h3-4,7-8H,2,5-6,9,11H2,1H3,(H,20,21). The summed E-state index contributed by atoms with van der Waals surface area (Å²) in [5, 5.41) is 12.9. The number of amides is 1. The summed E-state index contributed by atoms with van der Waals surface area (Å²) in [6.45, 7) is -0.131. The minimum atomic E-state index is -0.281. The van der Waals surface area contributed by atoms with Gasteiger partial charge in [-0.3, -0.25) is 4.79 Å². The third-order valence-corrected chi connectivity index (χ3v) is 5.17. The topological polar surface area (TPSA) is 71.3 Å². The highest BCUT2D eigenvalue weighted by atomic mass is 32.1. The summed E-state index contributed by atoms with van der Waals surface area (Å²) >= 11 is 1.51. The first kappa shape index (κ1) is 16.3. The lowest BCUT2D eigenvalue weighted by Crippen LogP contribution is -2.20. The van der Waals surface area contributed by atoms with Gasteiger partial charge in [0, 0.05) is 4.88 Å². The van der Waals surface area contributed by atoms with Crippen molar-refractivity contribution in [1.29, 1.82) is 5.26 Å². The summed E-state index contributed by atoms with van der Waals surface area (Å²) in [7, 11) is 1.55. The third kappa shape index (κ3) is 3.36. The van der Waals surface area contributed by atoms with Gasteiger partial charge in [-0.15, -0.1) is 11.3 Å². The number of thiophene rings is 1. The van der Waals surface area contributed by atoms with E-state index in [2.05, 4.69) is 11.4 Å². The zero-order chi connectivity index (χ0) is 16.9. The maximum absolute atomic E-state index is 12.2. The fourth-order valence-electron chi connectivity index (χ4n) is 2.82. The van der Waals surface area contributed by atoms with Gasteiger partial charge in [-0.05, 0) is 43.4 Å². The molecule has 1 aliphatic rings. The highest BCUT2D eigenvalue weighted by Crippen LogP contribution is 2.37. The number of hydrogen-bond acceptors (Lipinski definition) is 5. The maximum atomic E-state index is 12.2. The van der Waals surface area contributed by atoms with Crippen molar-refractivity contribution in [3.8, 4) is 17.6 Å². The van der Waals surface area contributed by atoms with Crippen molar-refractivity contribution in [2.24, 2.45) is 0 Å². The lowest BCUT2D eigenvalue weighted by Gasteiger charge is -2.10. The van der Waals surface area contributed by atoms with Crippen molar-refractivity contribution >= 4 is 22.2 Å². The van der Waals surface area contributed by atoms with Gasteiger partial charge in [0.1, 0.15) is 11.1 Å². The molecule has 0 radical (unpaired) electrons. The van der Waals surface area contributed by atoms with Crippen LogP contribution >= 0.6 is 11.3 Å². The Kier molecular flexibility index (Phi) is 5.02. The third-order valence-electron chi connectivity index (χ3n) is 3.96. The summed E-state index contributed by atoms with van der Waals surface area (Å²) in [4.78, 5) is 13.4. The van der Waals surface area contributed by atoms with Gasteiger partial charge in [-0.2, -0.15) is 5.26 Å². The van der Waals surface area contributed by atoms with Crippen LogP contribution in [0, 0.1) is 11.3 Å². The Bertz CT molecular complexity index is 792. The number of nitriles is 1. The number of carbonyl (C=O) groups is 1. The lowest BCUT2D eigenvalue weighted by atomic mass is 9.96. The number of nitrogens with one attached hydrogen (secondary N) is 1.